The van der Waals surface area contributed by atoms with Crippen LogP contribution in [0.3, 0.4) is 0 Å². The van der Waals surface area contributed by atoms with E-state index >= 15 is 0 Å². The van der Waals surface area contributed by atoms with E-state index < -0.39 is 0 Å². The Morgan fingerprint density at radius 2 is 1.63 bits per heavy atom. The lowest BCUT2D eigenvalue weighted by Gasteiger charge is -2.28. The number of likely N-dealkylation sites (N-methyl/N-ethyl adjacent to an activating group) is 1. The van der Waals surface area contributed by atoms with E-state index in [0.717, 1.165) is 32.0 Å². The molecule has 0 saturated carbocycles. The molecule has 8 heteroatoms. The Kier molecular flexibility index (Phi) is 7.13. The van der Waals surface area contributed by atoms with Crippen molar-refractivity contribution in [1.29, 1.82) is 0 Å². The van der Waals surface area contributed by atoms with Gasteiger partial charge in [-0.15, -0.1) is 0 Å². The number of benzene rings is 2. The Bertz CT molecular complexity index is 857. The number of hydrogen-bond donors (Lipinski definition) is 1. The van der Waals surface area contributed by atoms with Gasteiger partial charge in [-0.25, -0.2) is 0 Å². The highest BCUT2D eigenvalue weighted by molar-refractivity contribution is 5.99. The zero-order chi connectivity index (χ0) is 21.5. The molecule has 1 heterocycles. The lowest BCUT2D eigenvalue weighted by molar-refractivity contribution is -0.116. The van der Waals surface area contributed by atoms with E-state index in [0.29, 0.717) is 22.7 Å². The molecule has 1 aliphatic heterocycles. The molecule has 1 aliphatic rings. The van der Waals surface area contributed by atoms with E-state index in [9.17, 15) is 9.59 Å². The van der Waals surface area contributed by atoms with Gasteiger partial charge >= 0.3 is 0 Å². The molecule has 8 nitrogen and oxygen atoms in total. The van der Waals surface area contributed by atoms with Crippen molar-refractivity contribution in [3.05, 3.63) is 48.0 Å². The number of amides is 2. The van der Waals surface area contributed by atoms with Crippen LogP contribution in [0.5, 0.6) is 11.5 Å². The van der Waals surface area contributed by atoms with Crippen LogP contribution in [0.2, 0.25) is 0 Å². The Labute approximate surface area is 176 Å². The standard InChI is InChI=1S/C22H27N3O5/c1-24(22(27)16-12-19(28-2)14-20(13-16)29-3)15-21(26)23-17-4-6-18(7-5-17)25-8-10-30-11-9-25/h4-7,12-14H,8-11,15H2,1-3H3,(H,23,26). The van der Waals surface area contributed by atoms with E-state index in [2.05, 4.69) is 10.2 Å². The highest BCUT2D eigenvalue weighted by Gasteiger charge is 2.17. The van der Waals surface area contributed by atoms with Crippen LogP contribution in [-0.4, -0.2) is 70.8 Å². The fourth-order valence-corrected chi connectivity index (χ4v) is 3.22. The normalized spacial score (nSPS) is 13.5. The summed E-state index contributed by atoms with van der Waals surface area (Å²) in [6.45, 7) is 3.07. The molecular formula is C22H27N3O5. The summed E-state index contributed by atoms with van der Waals surface area (Å²) >= 11 is 0. The molecule has 0 spiro atoms. The molecule has 1 N–H and O–H groups in total. The van der Waals surface area contributed by atoms with E-state index in [1.165, 1.54) is 19.1 Å². The largest absolute Gasteiger partial charge is 0.497 e. The third kappa shape index (κ3) is 5.42. The first-order valence-corrected chi connectivity index (χ1v) is 9.71. The number of carbonyl (C=O) groups is 2. The fraction of sp³-hybridized carbons (Fsp3) is 0.364. The molecule has 2 aromatic carbocycles. The van der Waals surface area contributed by atoms with Crippen LogP contribution in [0.15, 0.2) is 42.5 Å². The number of anilines is 2. The average molecular weight is 413 g/mol. The number of rotatable bonds is 7. The molecular weight excluding hydrogens is 386 g/mol. The third-order valence-corrected chi connectivity index (χ3v) is 4.85. The number of ether oxygens (including phenoxy) is 3. The first kappa shape index (κ1) is 21.4. The molecule has 0 unspecified atom stereocenters. The van der Waals surface area contributed by atoms with Crippen LogP contribution in [-0.2, 0) is 9.53 Å². The first-order chi connectivity index (χ1) is 14.5. The molecule has 0 aliphatic carbocycles. The lowest BCUT2D eigenvalue weighted by atomic mass is 10.1. The molecule has 0 atom stereocenters. The molecule has 2 aromatic rings. The van der Waals surface area contributed by atoms with Crippen molar-refractivity contribution in [3.63, 3.8) is 0 Å². The maximum atomic E-state index is 12.7. The molecule has 1 fully saturated rings. The van der Waals surface area contributed by atoms with Gasteiger partial charge in [0.05, 0.1) is 34.0 Å². The molecule has 3 rings (SSSR count). The molecule has 2 amide bonds. The van der Waals surface area contributed by atoms with E-state index in [1.807, 2.05) is 24.3 Å². The maximum Gasteiger partial charge on any atom is 0.254 e. The summed E-state index contributed by atoms with van der Waals surface area (Å²) in [5.74, 6) is 0.441. The maximum absolute atomic E-state index is 12.7. The number of hydrogen-bond acceptors (Lipinski definition) is 6. The van der Waals surface area contributed by atoms with Gasteiger partial charge in [-0.1, -0.05) is 0 Å². The van der Waals surface area contributed by atoms with Gasteiger partial charge in [0.2, 0.25) is 5.91 Å². The fourth-order valence-electron chi connectivity index (χ4n) is 3.22. The summed E-state index contributed by atoms with van der Waals surface area (Å²) in [6, 6.07) is 12.6. The number of morpholine rings is 1. The highest BCUT2D eigenvalue weighted by atomic mass is 16.5. The van der Waals surface area contributed by atoms with Crippen LogP contribution < -0.4 is 19.7 Å². The van der Waals surface area contributed by atoms with Gasteiger partial charge < -0.3 is 29.3 Å². The Balaban J connectivity index is 1.58. The van der Waals surface area contributed by atoms with E-state index in [1.54, 1.807) is 25.2 Å². The van der Waals surface area contributed by atoms with Gasteiger partial charge in [0, 0.05) is 43.1 Å². The van der Waals surface area contributed by atoms with E-state index in [4.69, 9.17) is 14.2 Å². The van der Waals surface area contributed by atoms with Crippen LogP contribution in [0, 0.1) is 0 Å². The predicted octanol–water partition coefficient (Wildman–Crippen LogP) is 2.25. The Morgan fingerprint density at radius 1 is 1.03 bits per heavy atom. The SMILES string of the molecule is COc1cc(OC)cc(C(=O)N(C)CC(=O)Nc2ccc(N3CCOCC3)cc2)c1. The molecule has 0 radical (unpaired) electrons. The quantitative estimate of drug-likeness (QED) is 0.750. The van der Waals surface area contributed by atoms with Crippen molar-refractivity contribution in [1.82, 2.24) is 4.90 Å². The summed E-state index contributed by atoms with van der Waals surface area (Å²) in [4.78, 5) is 28.7. The number of methoxy groups -OCH3 is 2. The number of nitrogens with one attached hydrogen (secondary N) is 1. The van der Waals surface area contributed by atoms with Gasteiger partial charge in [-0.3, -0.25) is 9.59 Å². The summed E-state index contributed by atoms with van der Waals surface area (Å²) in [6.07, 6.45) is 0. The number of carbonyl (C=O) groups excluding carboxylic acids is 2. The second kappa shape index (κ2) is 9.98. The first-order valence-electron chi connectivity index (χ1n) is 9.71. The molecule has 0 bridgehead atoms. The van der Waals surface area contributed by atoms with Crippen molar-refractivity contribution in [3.8, 4) is 11.5 Å². The smallest absolute Gasteiger partial charge is 0.254 e. The predicted molar refractivity (Wildman–Crippen MR) is 115 cm³/mol. The third-order valence-electron chi connectivity index (χ3n) is 4.85. The average Bonchev–Trinajstić information content (AvgIpc) is 2.79. The second-order valence-electron chi connectivity index (χ2n) is 6.96. The van der Waals surface area contributed by atoms with Crippen molar-refractivity contribution < 1.29 is 23.8 Å². The zero-order valence-corrected chi connectivity index (χ0v) is 17.5. The van der Waals surface area contributed by atoms with Crippen molar-refractivity contribution in [2.24, 2.45) is 0 Å². The number of nitrogens with zero attached hydrogens (tertiary/aromatic N) is 2. The van der Waals surface area contributed by atoms with Gasteiger partial charge in [-0.2, -0.15) is 0 Å². The molecule has 1 saturated heterocycles. The Morgan fingerprint density at radius 3 is 2.20 bits per heavy atom. The zero-order valence-electron chi connectivity index (χ0n) is 17.5. The van der Waals surface area contributed by atoms with Crippen molar-refractivity contribution in [2.45, 2.75) is 0 Å². The minimum atomic E-state index is -0.301. The van der Waals surface area contributed by atoms with Crippen LogP contribution in [0.25, 0.3) is 0 Å². The van der Waals surface area contributed by atoms with Crippen molar-refractivity contribution in [2.75, 3.05) is 64.3 Å². The topological polar surface area (TPSA) is 80.3 Å². The summed E-state index contributed by atoms with van der Waals surface area (Å²) in [7, 11) is 4.62. The van der Waals surface area contributed by atoms with Crippen LogP contribution >= 0.6 is 0 Å². The van der Waals surface area contributed by atoms with Gasteiger partial charge in [-0.05, 0) is 36.4 Å². The Hall–Kier alpha value is -3.26. The summed E-state index contributed by atoms with van der Waals surface area (Å²) in [5.41, 5.74) is 2.16. The molecule has 160 valence electrons. The summed E-state index contributed by atoms with van der Waals surface area (Å²) in [5, 5.41) is 2.83. The van der Waals surface area contributed by atoms with Gasteiger partial charge in [0.15, 0.2) is 0 Å². The minimum absolute atomic E-state index is 0.0798. The molecule has 30 heavy (non-hydrogen) atoms. The van der Waals surface area contributed by atoms with E-state index in [-0.39, 0.29) is 18.4 Å². The summed E-state index contributed by atoms with van der Waals surface area (Å²) < 4.78 is 15.8. The van der Waals surface area contributed by atoms with Gasteiger partial charge in [0.1, 0.15) is 11.5 Å². The van der Waals surface area contributed by atoms with Crippen LogP contribution in [0.4, 0.5) is 11.4 Å². The van der Waals surface area contributed by atoms with Crippen LogP contribution in [0.1, 0.15) is 10.4 Å². The monoisotopic (exact) mass is 413 g/mol. The highest BCUT2D eigenvalue weighted by Crippen LogP contribution is 2.23. The van der Waals surface area contributed by atoms with Crippen molar-refractivity contribution >= 4 is 23.2 Å². The minimum Gasteiger partial charge on any atom is -0.497 e. The van der Waals surface area contributed by atoms with Gasteiger partial charge in [0.25, 0.3) is 5.91 Å². The molecule has 0 aromatic heterocycles. The second-order valence-corrected chi connectivity index (χ2v) is 6.96. The lowest BCUT2D eigenvalue weighted by Crippen LogP contribution is -2.36.